The molecule has 1 amide bonds. The number of amides is 1. The number of carbonyl (C=O) groups is 2. The van der Waals surface area contributed by atoms with Gasteiger partial charge in [0.15, 0.2) is 0 Å². The van der Waals surface area contributed by atoms with Gasteiger partial charge in [0.1, 0.15) is 5.60 Å². The molecule has 0 aromatic carbocycles. The number of hydrogen-bond acceptors (Lipinski definition) is 4. The molecular formula is C14H27NO4. The number of rotatable bonds is 6. The largest absolute Gasteiger partial charge is 0.460 e. The van der Waals surface area contributed by atoms with Crippen molar-refractivity contribution in [1.29, 1.82) is 0 Å². The molecule has 0 bridgehead atoms. The van der Waals surface area contributed by atoms with Crippen molar-refractivity contribution < 1.29 is 19.2 Å². The van der Waals surface area contributed by atoms with E-state index in [2.05, 4.69) is 0 Å². The molecule has 0 fully saturated rings. The second kappa shape index (κ2) is 7.48. The van der Waals surface area contributed by atoms with Crippen molar-refractivity contribution in [3.05, 3.63) is 0 Å². The first-order valence-electron chi connectivity index (χ1n) is 6.65. The van der Waals surface area contributed by atoms with Crippen LogP contribution in [0.15, 0.2) is 0 Å². The minimum absolute atomic E-state index is 0.0822. The fourth-order valence-electron chi connectivity index (χ4n) is 1.70. The van der Waals surface area contributed by atoms with Crippen LogP contribution >= 0.6 is 0 Å². The Morgan fingerprint density at radius 1 is 1.26 bits per heavy atom. The highest BCUT2D eigenvalue weighted by Gasteiger charge is 2.31. The van der Waals surface area contributed by atoms with Gasteiger partial charge in [0.2, 0.25) is 5.91 Å². The SMILES string of the molecule is CC[C@H](C)[C@H](CC(=O)OC(C)(C)C)C(=O)N(C)OC. The number of nitrogens with zero attached hydrogens (tertiary/aromatic N) is 1. The zero-order valence-electron chi connectivity index (χ0n) is 13.1. The van der Waals surface area contributed by atoms with Crippen molar-refractivity contribution in [2.24, 2.45) is 11.8 Å². The molecule has 5 heteroatoms. The Kier molecular flexibility index (Phi) is 7.05. The Hall–Kier alpha value is -1.10. The summed E-state index contributed by atoms with van der Waals surface area (Å²) in [5.41, 5.74) is -0.534. The van der Waals surface area contributed by atoms with E-state index < -0.39 is 11.5 Å². The molecule has 0 aromatic heterocycles. The molecule has 0 N–H and O–H groups in total. The van der Waals surface area contributed by atoms with Crippen LogP contribution in [-0.4, -0.2) is 36.7 Å². The first-order chi connectivity index (χ1) is 8.62. The van der Waals surface area contributed by atoms with Crippen LogP contribution in [-0.2, 0) is 19.2 Å². The molecule has 19 heavy (non-hydrogen) atoms. The quantitative estimate of drug-likeness (QED) is 0.551. The first-order valence-corrected chi connectivity index (χ1v) is 6.65. The van der Waals surface area contributed by atoms with Crippen LogP contribution in [0.25, 0.3) is 0 Å². The summed E-state index contributed by atoms with van der Waals surface area (Å²) >= 11 is 0. The molecule has 0 aliphatic rings. The van der Waals surface area contributed by atoms with Crippen molar-refractivity contribution in [2.45, 2.75) is 53.1 Å². The second-order valence-electron chi connectivity index (χ2n) is 5.80. The zero-order chi connectivity index (χ0) is 15.2. The fraction of sp³-hybridized carbons (Fsp3) is 0.857. The Balaban J connectivity index is 4.79. The number of ether oxygens (including phenoxy) is 1. The van der Waals surface area contributed by atoms with Gasteiger partial charge in [-0.2, -0.15) is 0 Å². The van der Waals surface area contributed by atoms with E-state index in [1.54, 1.807) is 7.05 Å². The Morgan fingerprint density at radius 2 is 1.79 bits per heavy atom. The number of esters is 1. The average molecular weight is 273 g/mol. The molecule has 112 valence electrons. The number of carbonyl (C=O) groups excluding carboxylic acids is 2. The highest BCUT2D eigenvalue weighted by Crippen LogP contribution is 2.23. The molecule has 0 saturated carbocycles. The maximum Gasteiger partial charge on any atom is 0.307 e. The van der Waals surface area contributed by atoms with Crippen LogP contribution in [0.4, 0.5) is 0 Å². The maximum absolute atomic E-state index is 12.2. The van der Waals surface area contributed by atoms with Crippen LogP contribution < -0.4 is 0 Å². The van der Waals surface area contributed by atoms with E-state index in [9.17, 15) is 9.59 Å². The summed E-state index contributed by atoms with van der Waals surface area (Å²) in [7, 11) is 2.98. The molecule has 0 rings (SSSR count). The van der Waals surface area contributed by atoms with E-state index >= 15 is 0 Å². The lowest BCUT2D eigenvalue weighted by Gasteiger charge is -2.27. The highest BCUT2D eigenvalue weighted by atomic mass is 16.7. The van der Waals surface area contributed by atoms with E-state index in [0.717, 1.165) is 6.42 Å². The molecule has 2 atom stereocenters. The monoisotopic (exact) mass is 273 g/mol. The summed E-state index contributed by atoms with van der Waals surface area (Å²) in [4.78, 5) is 28.9. The molecule has 0 aromatic rings. The minimum Gasteiger partial charge on any atom is -0.460 e. The molecule has 0 heterocycles. The summed E-state index contributed by atoms with van der Waals surface area (Å²) in [5, 5.41) is 1.17. The lowest BCUT2D eigenvalue weighted by Crippen LogP contribution is -2.37. The van der Waals surface area contributed by atoms with Gasteiger partial charge in [0.05, 0.1) is 19.4 Å². The second-order valence-corrected chi connectivity index (χ2v) is 5.80. The van der Waals surface area contributed by atoms with Crippen molar-refractivity contribution in [1.82, 2.24) is 5.06 Å². The van der Waals surface area contributed by atoms with Crippen molar-refractivity contribution >= 4 is 11.9 Å². The lowest BCUT2D eigenvalue weighted by atomic mass is 9.88. The van der Waals surface area contributed by atoms with E-state index in [1.165, 1.54) is 12.2 Å². The van der Waals surface area contributed by atoms with Gasteiger partial charge in [-0.1, -0.05) is 20.3 Å². The third-order valence-electron chi connectivity index (χ3n) is 3.04. The van der Waals surface area contributed by atoms with Gasteiger partial charge in [-0.25, -0.2) is 5.06 Å². The zero-order valence-corrected chi connectivity index (χ0v) is 13.1. The smallest absolute Gasteiger partial charge is 0.307 e. The molecule has 0 aliphatic heterocycles. The van der Waals surface area contributed by atoms with Gasteiger partial charge in [-0.15, -0.1) is 0 Å². The number of hydroxylamine groups is 2. The van der Waals surface area contributed by atoms with Gasteiger partial charge in [-0.05, 0) is 26.7 Å². The molecule has 0 spiro atoms. The molecule has 0 unspecified atom stereocenters. The third kappa shape index (κ3) is 6.57. The van der Waals surface area contributed by atoms with Crippen molar-refractivity contribution in [3.8, 4) is 0 Å². The normalized spacial score (nSPS) is 14.7. The van der Waals surface area contributed by atoms with Crippen LogP contribution in [0.3, 0.4) is 0 Å². The van der Waals surface area contributed by atoms with Gasteiger partial charge in [0, 0.05) is 7.05 Å². The predicted octanol–water partition coefficient (Wildman–Crippen LogP) is 2.40. The highest BCUT2D eigenvalue weighted by molar-refractivity contribution is 5.83. The Labute approximate surface area is 116 Å². The summed E-state index contributed by atoms with van der Waals surface area (Å²) < 4.78 is 5.28. The van der Waals surface area contributed by atoms with Gasteiger partial charge >= 0.3 is 5.97 Å². The minimum atomic E-state index is -0.534. The first kappa shape index (κ1) is 17.9. The van der Waals surface area contributed by atoms with E-state index in [-0.39, 0.29) is 24.2 Å². The summed E-state index contributed by atoms with van der Waals surface area (Å²) in [5.74, 6) is -0.860. The Bertz CT molecular complexity index is 309. The standard InChI is InChI=1S/C14H27NO4/c1-8-10(2)11(13(17)15(6)18-7)9-12(16)19-14(3,4)5/h10-11H,8-9H2,1-7H3/t10-,11-/m0/s1. The third-order valence-corrected chi connectivity index (χ3v) is 3.04. The van der Waals surface area contributed by atoms with Gasteiger partial charge in [-0.3, -0.25) is 14.4 Å². The van der Waals surface area contributed by atoms with Crippen LogP contribution in [0.2, 0.25) is 0 Å². The van der Waals surface area contributed by atoms with Crippen LogP contribution in [0, 0.1) is 11.8 Å². The van der Waals surface area contributed by atoms with Gasteiger partial charge < -0.3 is 4.74 Å². The van der Waals surface area contributed by atoms with E-state index in [1.807, 2.05) is 34.6 Å². The van der Waals surface area contributed by atoms with Crippen molar-refractivity contribution in [2.75, 3.05) is 14.2 Å². The molecule has 5 nitrogen and oxygen atoms in total. The predicted molar refractivity (Wildman–Crippen MR) is 73.2 cm³/mol. The van der Waals surface area contributed by atoms with Crippen LogP contribution in [0.1, 0.15) is 47.5 Å². The molecule has 0 radical (unpaired) electrons. The molecular weight excluding hydrogens is 246 g/mol. The van der Waals surface area contributed by atoms with E-state index in [0.29, 0.717) is 0 Å². The Morgan fingerprint density at radius 3 is 2.16 bits per heavy atom. The topological polar surface area (TPSA) is 55.8 Å². The average Bonchev–Trinajstić information content (AvgIpc) is 2.30. The fourth-order valence-corrected chi connectivity index (χ4v) is 1.70. The molecule has 0 aliphatic carbocycles. The summed E-state index contributed by atoms with van der Waals surface area (Å²) in [6.07, 6.45) is 0.898. The van der Waals surface area contributed by atoms with Crippen LogP contribution in [0.5, 0.6) is 0 Å². The van der Waals surface area contributed by atoms with E-state index in [4.69, 9.17) is 9.57 Å². The summed E-state index contributed by atoms with van der Waals surface area (Å²) in [6.45, 7) is 9.38. The molecule has 0 saturated heterocycles. The lowest BCUT2D eigenvalue weighted by molar-refractivity contribution is -0.178. The number of hydrogen-bond donors (Lipinski definition) is 0. The van der Waals surface area contributed by atoms with Gasteiger partial charge in [0.25, 0.3) is 0 Å². The summed E-state index contributed by atoms with van der Waals surface area (Å²) in [6, 6.07) is 0. The van der Waals surface area contributed by atoms with Crippen molar-refractivity contribution in [3.63, 3.8) is 0 Å². The maximum atomic E-state index is 12.2.